The zero-order valence-electron chi connectivity index (χ0n) is 16.2. The topological polar surface area (TPSA) is 49.8 Å². The van der Waals surface area contributed by atoms with E-state index in [2.05, 4.69) is 20.8 Å². The number of ether oxygens (including phenoxy) is 1. The molecule has 4 heteroatoms. The molecule has 3 aliphatic rings. The molecule has 1 amide bonds. The van der Waals surface area contributed by atoms with Crippen molar-refractivity contribution >= 4 is 5.91 Å². The molecule has 4 nitrogen and oxygen atoms in total. The third-order valence-corrected chi connectivity index (χ3v) is 6.62. The lowest BCUT2D eigenvalue weighted by molar-refractivity contribution is -0.131. The second-order valence-corrected chi connectivity index (χ2v) is 9.28. The van der Waals surface area contributed by atoms with Crippen molar-refractivity contribution in [3.8, 4) is 0 Å². The first kappa shape index (κ1) is 18.9. The van der Waals surface area contributed by atoms with Crippen molar-refractivity contribution < 1.29 is 14.6 Å². The first-order valence-electron chi connectivity index (χ1n) is 10.1. The molecule has 3 unspecified atom stereocenters. The van der Waals surface area contributed by atoms with Crippen molar-refractivity contribution in [2.75, 3.05) is 19.8 Å². The fourth-order valence-electron chi connectivity index (χ4n) is 4.88. The van der Waals surface area contributed by atoms with Crippen LogP contribution in [0.4, 0.5) is 0 Å². The van der Waals surface area contributed by atoms with E-state index >= 15 is 0 Å². The van der Waals surface area contributed by atoms with Crippen LogP contribution in [0.15, 0.2) is 11.6 Å². The van der Waals surface area contributed by atoms with Crippen LogP contribution in [0.25, 0.3) is 0 Å². The molecule has 2 aliphatic heterocycles. The van der Waals surface area contributed by atoms with E-state index in [1.54, 1.807) is 0 Å². The molecule has 142 valence electrons. The Morgan fingerprint density at radius 1 is 1.20 bits per heavy atom. The summed E-state index contributed by atoms with van der Waals surface area (Å²) in [5.41, 5.74) is 1.68. The number of aliphatic hydroxyl groups is 1. The number of aliphatic hydroxyl groups excluding tert-OH is 1. The highest BCUT2D eigenvalue weighted by Crippen LogP contribution is 2.39. The molecule has 3 atom stereocenters. The molecule has 0 aromatic carbocycles. The normalized spacial score (nSPS) is 34.2. The van der Waals surface area contributed by atoms with Crippen LogP contribution in [0.2, 0.25) is 0 Å². The van der Waals surface area contributed by atoms with Crippen LogP contribution < -0.4 is 0 Å². The Bertz CT molecular complexity index is 498. The SMILES string of the molecule is CC(C)(C)C1CCC(=CC(=O)N2CCCC2C2COCCC2O)CC1. The maximum absolute atomic E-state index is 12.9. The first-order chi connectivity index (χ1) is 11.9. The van der Waals surface area contributed by atoms with Gasteiger partial charge in [0.05, 0.1) is 12.7 Å². The predicted octanol–water partition coefficient (Wildman–Crippen LogP) is 3.54. The molecule has 1 aliphatic carbocycles. The molecule has 3 rings (SSSR count). The summed E-state index contributed by atoms with van der Waals surface area (Å²) in [6.45, 7) is 9.01. The van der Waals surface area contributed by atoms with Crippen molar-refractivity contribution in [3.63, 3.8) is 0 Å². The maximum Gasteiger partial charge on any atom is 0.246 e. The first-order valence-corrected chi connectivity index (χ1v) is 10.1. The van der Waals surface area contributed by atoms with Gasteiger partial charge in [-0.15, -0.1) is 0 Å². The van der Waals surface area contributed by atoms with E-state index in [1.165, 1.54) is 18.4 Å². The van der Waals surface area contributed by atoms with Gasteiger partial charge in [0.1, 0.15) is 0 Å². The Labute approximate surface area is 152 Å². The number of likely N-dealkylation sites (tertiary alicyclic amines) is 1. The number of amides is 1. The van der Waals surface area contributed by atoms with Crippen LogP contribution in [0, 0.1) is 17.3 Å². The summed E-state index contributed by atoms with van der Waals surface area (Å²) in [7, 11) is 0. The molecular formula is C21H35NO3. The van der Waals surface area contributed by atoms with E-state index < -0.39 is 0 Å². The van der Waals surface area contributed by atoms with Gasteiger partial charge in [0, 0.05) is 31.2 Å². The predicted molar refractivity (Wildman–Crippen MR) is 99.2 cm³/mol. The van der Waals surface area contributed by atoms with Gasteiger partial charge in [-0.2, -0.15) is 0 Å². The van der Waals surface area contributed by atoms with E-state index in [-0.39, 0.29) is 24.0 Å². The average Bonchev–Trinajstić information content (AvgIpc) is 3.04. The fraction of sp³-hybridized carbons (Fsp3) is 0.857. The zero-order valence-corrected chi connectivity index (χ0v) is 16.2. The van der Waals surface area contributed by atoms with Gasteiger partial charge in [-0.05, 0) is 56.3 Å². The lowest BCUT2D eigenvalue weighted by Gasteiger charge is -2.37. The van der Waals surface area contributed by atoms with Gasteiger partial charge in [0.2, 0.25) is 5.91 Å². The van der Waals surface area contributed by atoms with Gasteiger partial charge in [-0.25, -0.2) is 0 Å². The van der Waals surface area contributed by atoms with Crippen LogP contribution in [0.5, 0.6) is 0 Å². The summed E-state index contributed by atoms with van der Waals surface area (Å²) in [6, 6.07) is 0.144. The van der Waals surface area contributed by atoms with Gasteiger partial charge in [0.25, 0.3) is 0 Å². The Kier molecular flexibility index (Phi) is 5.89. The number of carbonyl (C=O) groups excluding carboxylic acids is 1. The molecular weight excluding hydrogens is 314 g/mol. The molecule has 0 radical (unpaired) electrons. The van der Waals surface area contributed by atoms with Crippen molar-refractivity contribution in [2.45, 2.75) is 77.9 Å². The lowest BCUT2D eigenvalue weighted by atomic mass is 9.71. The number of carbonyl (C=O) groups is 1. The number of nitrogens with zero attached hydrogens (tertiary/aromatic N) is 1. The minimum atomic E-state index is -0.331. The van der Waals surface area contributed by atoms with Crippen LogP contribution in [-0.4, -0.2) is 47.8 Å². The number of hydrogen-bond acceptors (Lipinski definition) is 3. The molecule has 25 heavy (non-hydrogen) atoms. The van der Waals surface area contributed by atoms with E-state index in [1.807, 2.05) is 11.0 Å². The molecule has 0 bridgehead atoms. The number of hydrogen-bond donors (Lipinski definition) is 1. The highest BCUT2D eigenvalue weighted by Gasteiger charge is 2.39. The number of rotatable bonds is 2. The molecule has 2 heterocycles. The monoisotopic (exact) mass is 349 g/mol. The summed E-state index contributed by atoms with van der Waals surface area (Å²) in [5, 5.41) is 10.3. The van der Waals surface area contributed by atoms with Crippen LogP contribution in [0.3, 0.4) is 0 Å². The highest BCUT2D eigenvalue weighted by molar-refractivity contribution is 5.88. The molecule has 0 aromatic rings. The Morgan fingerprint density at radius 3 is 2.56 bits per heavy atom. The molecule has 0 aromatic heterocycles. The zero-order chi connectivity index (χ0) is 18.0. The summed E-state index contributed by atoms with van der Waals surface area (Å²) < 4.78 is 5.57. The maximum atomic E-state index is 12.9. The van der Waals surface area contributed by atoms with E-state index in [0.717, 1.165) is 38.1 Å². The van der Waals surface area contributed by atoms with Gasteiger partial charge in [-0.1, -0.05) is 26.3 Å². The Hall–Kier alpha value is -0.870. The smallest absolute Gasteiger partial charge is 0.246 e. The van der Waals surface area contributed by atoms with Gasteiger partial charge < -0.3 is 14.7 Å². The van der Waals surface area contributed by atoms with Crippen LogP contribution in [-0.2, 0) is 9.53 Å². The van der Waals surface area contributed by atoms with Gasteiger partial charge in [-0.3, -0.25) is 4.79 Å². The molecule has 1 saturated carbocycles. The largest absolute Gasteiger partial charge is 0.393 e. The average molecular weight is 350 g/mol. The van der Waals surface area contributed by atoms with Crippen molar-refractivity contribution in [1.29, 1.82) is 0 Å². The highest BCUT2D eigenvalue weighted by atomic mass is 16.5. The molecule has 1 N–H and O–H groups in total. The minimum absolute atomic E-state index is 0.0789. The molecule has 3 fully saturated rings. The Morgan fingerprint density at radius 2 is 1.92 bits per heavy atom. The third-order valence-electron chi connectivity index (χ3n) is 6.62. The van der Waals surface area contributed by atoms with Crippen LogP contribution in [0.1, 0.15) is 65.7 Å². The van der Waals surface area contributed by atoms with E-state index in [0.29, 0.717) is 25.0 Å². The molecule has 2 saturated heterocycles. The summed E-state index contributed by atoms with van der Waals surface area (Å²) in [5.74, 6) is 0.994. The fourth-order valence-corrected chi connectivity index (χ4v) is 4.88. The van der Waals surface area contributed by atoms with Crippen molar-refractivity contribution in [2.24, 2.45) is 17.3 Å². The third kappa shape index (κ3) is 4.46. The standard InChI is InChI=1S/C21H35NO3/c1-21(2,3)16-8-6-15(7-9-16)13-20(24)22-11-4-5-18(22)17-14-25-12-10-19(17)23/h13,16-19,23H,4-12,14H2,1-3H3. The quantitative estimate of drug-likeness (QED) is 0.776. The van der Waals surface area contributed by atoms with Crippen molar-refractivity contribution in [3.05, 3.63) is 11.6 Å². The van der Waals surface area contributed by atoms with Gasteiger partial charge >= 0.3 is 0 Å². The Balaban J connectivity index is 1.60. The summed E-state index contributed by atoms with van der Waals surface area (Å²) in [4.78, 5) is 14.9. The van der Waals surface area contributed by atoms with E-state index in [4.69, 9.17) is 4.74 Å². The second-order valence-electron chi connectivity index (χ2n) is 9.28. The summed E-state index contributed by atoms with van der Waals surface area (Å²) >= 11 is 0. The number of allylic oxidation sites excluding steroid dienone is 1. The van der Waals surface area contributed by atoms with Crippen molar-refractivity contribution in [1.82, 2.24) is 4.90 Å². The lowest BCUT2D eigenvalue weighted by Crippen LogP contribution is -2.47. The molecule has 0 spiro atoms. The second kappa shape index (κ2) is 7.79. The van der Waals surface area contributed by atoms with Crippen LogP contribution >= 0.6 is 0 Å². The minimum Gasteiger partial charge on any atom is -0.393 e. The van der Waals surface area contributed by atoms with Gasteiger partial charge in [0.15, 0.2) is 0 Å². The summed E-state index contributed by atoms with van der Waals surface area (Å²) in [6.07, 6.45) is 8.81. The van der Waals surface area contributed by atoms with E-state index in [9.17, 15) is 9.90 Å².